The maximum Gasteiger partial charge on any atom is 0.234 e. The number of alkyl halides is 1. The van der Waals surface area contributed by atoms with Gasteiger partial charge in [0.2, 0.25) is 5.91 Å². The van der Waals surface area contributed by atoms with Gasteiger partial charge in [0.25, 0.3) is 0 Å². The highest BCUT2D eigenvalue weighted by Crippen LogP contribution is 2.28. The molecule has 8 nitrogen and oxygen atoms in total. The summed E-state index contributed by atoms with van der Waals surface area (Å²) in [7, 11) is 0. The van der Waals surface area contributed by atoms with Gasteiger partial charge in [0.15, 0.2) is 0 Å². The lowest BCUT2D eigenvalue weighted by Gasteiger charge is -2.43. The number of nitrogens with two attached hydrogens (primary N) is 1. The van der Waals surface area contributed by atoms with Crippen molar-refractivity contribution in [2.75, 3.05) is 32.7 Å². The monoisotopic (exact) mass is 381 g/mol. The molecule has 0 saturated carbocycles. The summed E-state index contributed by atoms with van der Waals surface area (Å²) in [6, 6.07) is 0.487. The SMILES string of the molecule is CC1CCCNC1C1CCNCC1NC(=O)C1C2=NCC(F)CN2NC1N. The van der Waals surface area contributed by atoms with Crippen LogP contribution in [0.2, 0.25) is 0 Å². The fraction of sp³-hybridized carbons (Fsp3) is 0.889. The topological polar surface area (TPSA) is 107 Å². The highest BCUT2D eigenvalue weighted by molar-refractivity contribution is 6.05. The molecule has 4 heterocycles. The molecule has 0 radical (unpaired) electrons. The molecule has 3 fully saturated rings. The Balaban J connectivity index is 1.46. The summed E-state index contributed by atoms with van der Waals surface area (Å²) in [5, 5.41) is 11.9. The van der Waals surface area contributed by atoms with Gasteiger partial charge in [-0.1, -0.05) is 6.92 Å². The van der Waals surface area contributed by atoms with Crippen LogP contribution < -0.4 is 27.1 Å². The van der Waals surface area contributed by atoms with Crippen molar-refractivity contribution in [2.45, 2.75) is 50.6 Å². The van der Waals surface area contributed by atoms with Crippen molar-refractivity contribution in [1.29, 1.82) is 0 Å². The molecule has 1 amide bonds. The lowest BCUT2D eigenvalue weighted by molar-refractivity contribution is -0.124. The number of carbonyl (C=O) groups is 1. The molecule has 0 bridgehead atoms. The van der Waals surface area contributed by atoms with Crippen LogP contribution in [0.3, 0.4) is 0 Å². The van der Waals surface area contributed by atoms with E-state index in [0.717, 1.165) is 26.1 Å². The number of aliphatic imine (C=N–C) groups is 1. The van der Waals surface area contributed by atoms with E-state index >= 15 is 0 Å². The number of hydrogen-bond donors (Lipinski definition) is 5. The highest BCUT2D eigenvalue weighted by Gasteiger charge is 2.45. The van der Waals surface area contributed by atoms with E-state index in [1.807, 2.05) is 0 Å². The second-order valence-electron chi connectivity index (χ2n) is 8.41. The second kappa shape index (κ2) is 7.98. The summed E-state index contributed by atoms with van der Waals surface area (Å²) in [5.74, 6) is 0.887. The van der Waals surface area contributed by atoms with E-state index in [-0.39, 0.29) is 25.0 Å². The van der Waals surface area contributed by atoms with Crippen molar-refractivity contribution in [1.82, 2.24) is 26.4 Å². The van der Waals surface area contributed by atoms with E-state index in [4.69, 9.17) is 5.73 Å². The summed E-state index contributed by atoms with van der Waals surface area (Å²) in [6.45, 7) is 5.38. The first-order valence-corrected chi connectivity index (χ1v) is 10.3. The fourth-order valence-electron chi connectivity index (χ4n) is 5.09. The summed E-state index contributed by atoms with van der Waals surface area (Å²) in [4.78, 5) is 17.4. The van der Waals surface area contributed by atoms with Gasteiger partial charge >= 0.3 is 0 Å². The molecule has 0 aromatic rings. The van der Waals surface area contributed by atoms with Gasteiger partial charge in [-0.25, -0.2) is 9.82 Å². The van der Waals surface area contributed by atoms with Crippen molar-refractivity contribution in [3.05, 3.63) is 0 Å². The van der Waals surface area contributed by atoms with Crippen molar-refractivity contribution in [3.63, 3.8) is 0 Å². The number of hydrogen-bond acceptors (Lipinski definition) is 7. The predicted octanol–water partition coefficient (Wildman–Crippen LogP) is -1.06. The average molecular weight is 382 g/mol. The van der Waals surface area contributed by atoms with Crippen molar-refractivity contribution in [3.8, 4) is 0 Å². The molecule has 0 aliphatic carbocycles. The molecule has 7 unspecified atom stereocenters. The van der Waals surface area contributed by atoms with E-state index < -0.39 is 18.3 Å². The lowest BCUT2D eigenvalue weighted by atomic mass is 9.77. The molecule has 9 heteroatoms. The molecule has 4 aliphatic rings. The van der Waals surface area contributed by atoms with Crippen LogP contribution in [-0.4, -0.2) is 73.9 Å². The number of amides is 1. The van der Waals surface area contributed by atoms with Gasteiger partial charge in [0, 0.05) is 18.6 Å². The van der Waals surface area contributed by atoms with E-state index in [0.29, 0.717) is 23.7 Å². The standard InChI is InChI=1S/C18H32FN7O/c1-10-3-2-5-22-15(10)12-4-6-21-8-13(12)24-18(27)14-16(20)25-26-9-11(19)7-23-17(14)26/h10-16,21-22,25H,2-9,20H2,1H3,(H,24,27). The lowest BCUT2D eigenvalue weighted by Crippen LogP contribution is -2.61. The summed E-state index contributed by atoms with van der Waals surface area (Å²) >= 11 is 0. The Kier molecular flexibility index (Phi) is 5.63. The third-order valence-corrected chi connectivity index (χ3v) is 6.49. The third-order valence-electron chi connectivity index (χ3n) is 6.49. The fourth-order valence-corrected chi connectivity index (χ4v) is 5.09. The minimum atomic E-state index is -1.03. The Bertz CT molecular complexity index is 588. The number of fused-ring (bicyclic) bond motifs is 1. The molecule has 152 valence electrons. The Morgan fingerprint density at radius 3 is 3.04 bits per heavy atom. The van der Waals surface area contributed by atoms with E-state index in [1.54, 1.807) is 5.01 Å². The molecular weight excluding hydrogens is 349 g/mol. The number of rotatable bonds is 3. The molecule has 3 saturated heterocycles. The molecular formula is C18H32FN7O. The first kappa shape index (κ1) is 19.0. The molecule has 0 spiro atoms. The molecule has 0 aromatic heterocycles. The number of nitrogens with one attached hydrogen (secondary N) is 4. The Morgan fingerprint density at radius 2 is 2.22 bits per heavy atom. The molecule has 7 atom stereocenters. The number of piperidine rings is 2. The minimum Gasteiger partial charge on any atom is -0.351 e. The van der Waals surface area contributed by atoms with Crippen LogP contribution in [0.25, 0.3) is 0 Å². The highest BCUT2D eigenvalue weighted by atomic mass is 19.1. The van der Waals surface area contributed by atoms with Crippen LogP contribution in [-0.2, 0) is 4.79 Å². The number of carbonyl (C=O) groups excluding carboxylic acids is 1. The van der Waals surface area contributed by atoms with Gasteiger partial charge in [-0.15, -0.1) is 0 Å². The quantitative estimate of drug-likeness (QED) is 0.427. The van der Waals surface area contributed by atoms with Crippen molar-refractivity contribution >= 4 is 11.7 Å². The maximum atomic E-state index is 13.6. The zero-order chi connectivity index (χ0) is 19.0. The van der Waals surface area contributed by atoms with Gasteiger partial charge in [0.1, 0.15) is 17.9 Å². The van der Waals surface area contributed by atoms with Crippen LogP contribution in [0.5, 0.6) is 0 Å². The summed E-state index contributed by atoms with van der Waals surface area (Å²) in [5.41, 5.74) is 9.13. The predicted molar refractivity (Wildman–Crippen MR) is 102 cm³/mol. The number of halogens is 1. The van der Waals surface area contributed by atoms with Crippen LogP contribution >= 0.6 is 0 Å². The third kappa shape index (κ3) is 3.83. The average Bonchev–Trinajstić information content (AvgIpc) is 2.97. The van der Waals surface area contributed by atoms with Crippen molar-refractivity contribution in [2.24, 2.45) is 28.5 Å². The summed E-state index contributed by atoms with van der Waals surface area (Å²) < 4.78 is 13.6. The smallest absolute Gasteiger partial charge is 0.234 e. The molecule has 27 heavy (non-hydrogen) atoms. The summed E-state index contributed by atoms with van der Waals surface area (Å²) in [6.07, 6.45) is 1.89. The second-order valence-corrected chi connectivity index (χ2v) is 8.41. The van der Waals surface area contributed by atoms with E-state index in [1.165, 1.54) is 12.8 Å². The normalized spacial score (nSPS) is 42.4. The first-order valence-electron chi connectivity index (χ1n) is 10.3. The molecule has 4 aliphatic heterocycles. The number of nitrogens with zero attached hydrogens (tertiary/aromatic N) is 2. The minimum absolute atomic E-state index is 0.0589. The first-order chi connectivity index (χ1) is 13.0. The largest absolute Gasteiger partial charge is 0.351 e. The van der Waals surface area contributed by atoms with E-state index in [2.05, 4.69) is 33.3 Å². The number of hydrazine groups is 1. The Hall–Kier alpha value is -1.29. The van der Waals surface area contributed by atoms with Gasteiger partial charge in [-0.2, -0.15) is 0 Å². The van der Waals surface area contributed by atoms with Gasteiger partial charge < -0.3 is 21.7 Å². The van der Waals surface area contributed by atoms with Gasteiger partial charge in [-0.3, -0.25) is 14.8 Å². The van der Waals surface area contributed by atoms with Crippen LogP contribution in [0.15, 0.2) is 4.99 Å². The van der Waals surface area contributed by atoms with Crippen LogP contribution in [0, 0.1) is 17.8 Å². The maximum absolute atomic E-state index is 13.6. The Morgan fingerprint density at radius 1 is 1.37 bits per heavy atom. The molecule has 4 rings (SSSR count). The molecule has 6 N–H and O–H groups in total. The Labute approximate surface area is 159 Å². The van der Waals surface area contributed by atoms with Crippen LogP contribution in [0.1, 0.15) is 26.2 Å². The number of amidine groups is 1. The van der Waals surface area contributed by atoms with Gasteiger partial charge in [0.05, 0.1) is 19.3 Å². The van der Waals surface area contributed by atoms with Gasteiger partial charge in [-0.05, 0) is 44.2 Å². The van der Waals surface area contributed by atoms with Crippen molar-refractivity contribution < 1.29 is 9.18 Å². The zero-order valence-electron chi connectivity index (χ0n) is 16.0. The molecule has 0 aromatic carbocycles. The zero-order valence-corrected chi connectivity index (χ0v) is 16.0. The van der Waals surface area contributed by atoms with Crippen LogP contribution in [0.4, 0.5) is 4.39 Å². The van der Waals surface area contributed by atoms with E-state index in [9.17, 15) is 9.18 Å².